The number of amides is 1. The van der Waals surface area contributed by atoms with E-state index in [1.165, 1.54) is 0 Å². The average Bonchev–Trinajstić information content (AvgIpc) is 2.44. The highest BCUT2D eigenvalue weighted by atomic mass is 16.4. The molecule has 4 rings (SSSR count). The molecule has 112 valence electrons. The summed E-state index contributed by atoms with van der Waals surface area (Å²) in [4.78, 5) is 15.0. The van der Waals surface area contributed by atoms with Crippen molar-refractivity contribution in [3.8, 4) is 0 Å². The van der Waals surface area contributed by atoms with Gasteiger partial charge < -0.3 is 21.2 Å². The Morgan fingerprint density at radius 3 is 2.50 bits per heavy atom. The maximum atomic E-state index is 12.6. The van der Waals surface area contributed by atoms with Gasteiger partial charge in [0.05, 0.1) is 0 Å². The highest BCUT2D eigenvalue weighted by Crippen LogP contribution is 2.46. The van der Waals surface area contributed by atoms with Crippen LogP contribution in [0.1, 0.15) is 32.6 Å². The zero-order chi connectivity index (χ0) is 14.3. The first-order valence-corrected chi connectivity index (χ1v) is 7.56. The summed E-state index contributed by atoms with van der Waals surface area (Å²) in [7, 11) is 0. The molecule has 3 aliphatic heterocycles. The number of hydrogen-bond donors (Lipinski definition) is 3. The van der Waals surface area contributed by atoms with E-state index in [2.05, 4.69) is 22.3 Å². The van der Waals surface area contributed by atoms with Gasteiger partial charge in [-0.15, -0.1) is 0 Å². The van der Waals surface area contributed by atoms with Gasteiger partial charge in [-0.25, -0.2) is 0 Å². The van der Waals surface area contributed by atoms with E-state index < -0.39 is 5.41 Å². The molecule has 0 aromatic heterocycles. The number of amidine groups is 1. The van der Waals surface area contributed by atoms with E-state index in [1.807, 2.05) is 0 Å². The first-order chi connectivity index (χ1) is 9.55. The lowest BCUT2D eigenvalue weighted by Gasteiger charge is -2.48. The first kappa shape index (κ1) is 13.7. The van der Waals surface area contributed by atoms with E-state index in [9.17, 15) is 4.79 Å². The molecule has 3 saturated heterocycles. The second-order valence-corrected chi connectivity index (χ2v) is 6.80. The van der Waals surface area contributed by atoms with Crippen molar-refractivity contribution in [1.29, 1.82) is 0 Å². The Bertz CT molecular complexity index is 423. The lowest BCUT2D eigenvalue weighted by atomic mass is 9.61. The minimum Gasteiger partial charge on any atom is -0.409 e. The number of hydrogen-bond acceptors (Lipinski definition) is 4. The molecular formula is C14H24N4O2. The molecule has 4 N–H and O–H groups in total. The molecule has 1 unspecified atom stereocenters. The van der Waals surface area contributed by atoms with Crippen LogP contribution in [0.5, 0.6) is 0 Å². The fourth-order valence-electron chi connectivity index (χ4n) is 4.17. The number of nitrogens with two attached hydrogens (primary N) is 1. The molecule has 0 aromatic carbocycles. The van der Waals surface area contributed by atoms with Crippen LogP contribution in [0.15, 0.2) is 5.16 Å². The van der Waals surface area contributed by atoms with Gasteiger partial charge in [-0.1, -0.05) is 12.1 Å². The highest BCUT2D eigenvalue weighted by Gasteiger charge is 2.53. The number of carbonyl (C=O) groups excluding carboxylic acids is 1. The third-order valence-electron chi connectivity index (χ3n) is 5.40. The van der Waals surface area contributed by atoms with Gasteiger partial charge >= 0.3 is 0 Å². The van der Waals surface area contributed by atoms with Gasteiger partial charge in [0.1, 0.15) is 5.41 Å². The van der Waals surface area contributed by atoms with Gasteiger partial charge in [0.2, 0.25) is 5.91 Å². The Hall–Kier alpha value is -1.30. The molecule has 1 amide bonds. The summed E-state index contributed by atoms with van der Waals surface area (Å²) in [5.74, 6) is 1.05. The second kappa shape index (κ2) is 4.91. The predicted molar refractivity (Wildman–Crippen MR) is 75.3 cm³/mol. The van der Waals surface area contributed by atoms with Crippen LogP contribution in [0.25, 0.3) is 0 Å². The summed E-state index contributed by atoms with van der Waals surface area (Å²) in [6.45, 7) is 5.33. The number of carbonyl (C=O) groups is 1. The van der Waals surface area contributed by atoms with Crippen molar-refractivity contribution in [1.82, 2.24) is 10.2 Å². The minimum absolute atomic E-state index is 0.0513. The Labute approximate surface area is 119 Å². The monoisotopic (exact) mass is 280 g/mol. The quantitative estimate of drug-likeness (QED) is 0.301. The number of nitrogens with one attached hydrogen (secondary N) is 1. The third kappa shape index (κ3) is 2.06. The Kier molecular flexibility index (Phi) is 3.36. The number of piperidine rings is 3. The Morgan fingerprint density at radius 2 is 2.05 bits per heavy atom. The van der Waals surface area contributed by atoms with Crippen LogP contribution in [0.4, 0.5) is 0 Å². The highest BCUT2D eigenvalue weighted by molar-refractivity contribution is 6.07. The van der Waals surface area contributed by atoms with Crippen LogP contribution >= 0.6 is 0 Å². The predicted octanol–water partition coefficient (Wildman–Crippen LogP) is 0.360. The molecule has 1 aliphatic carbocycles. The fraction of sp³-hybridized carbons (Fsp3) is 0.857. The van der Waals surface area contributed by atoms with Crippen LogP contribution in [0.3, 0.4) is 0 Å². The molecule has 6 heteroatoms. The largest absolute Gasteiger partial charge is 0.409 e. The zero-order valence-corrected chi connectivity index (χ0v) is 12.0. The van der Waals surface area contributed by atoms with E-state index in [1.54, 1.807) is 0 Å². The molecule has 0 spiro atoms. The Morgan fingerprint density at radius 1 is 1.40 bits per heavy atom. The van der Waals surface area contributed by atoms with Crippen molar-refractivity contribution < 1.29 is 10.0 Å². The molecule has 0 radical (unpaired) electrons. The van der Waals surface area contributed by atoms with Gasteiger partial charge in [-0.3, -0.25) is 4.79 Å². The first-order valence-electron chi connectivity index (χ1n) is 7.56. The molecule has 3 heterocycles. The average molecular weight is 280 g/mol. The molecular weight excluding hydrogens is 256 g/mol. The topological polar surface area (TPSA) is 91.0 Å². The standard InChI is InChI=1S/C14H24N4O2/c1-9-6-14(7-9,12(15)17-20)13(19)16-11-8-18-4-2-10(11)3-5-18/h9-11,20H,2-8H2,1H3,(H2,15,17)(H,16,19). The van der Waals surface area contributed by atoms with Gasteiger partial charge in [0.15, 0.2) is 5.84 Å². The molecule has 4 aliphatic rings. The SMILES string of the molecule is CC1CC(C(=O)NC2CN3CCC2CC3)(C(N)=NO)C1. The summed E-state index contributed by atoms with van der Waals surface area (Å²) in [6, 6.07) is 0.226. The van der Waals surface area contributed by atoms with Crippen LogP contribution in [0, 0.1) is 17.3 Å². The molecule has 1 saturated carbocycles. The van der Waals surface area contributed by atoms with Gasteiger partial charge in [-0.2, -0.15) is 0 Å². The van der Waals surface area contributed by atoms with Crippen molar-refractivity contribution in [2.45, 2.75) is 38.6 Å². The summed E-state index contributed by atoms with van der Waals surface area (Å²) in [5.41, 5.74) is 5.01. The minimum atomic E-state index is -0.778. The smallest absolute Gasteiger partial charge is 0.234 e. The summed E-state index contributed by atoms with van der Waals surface area (Å²) < 4.78 is 0. The number of nitrogens with zero attached hydrogens (tertiary/aromatic N) is 2. The normalized spacial score (nSPS) is 44.0. The Balaban J connectivity index is 1.69. The maximum Gasteiger partial charge on any atom is 0.234 e. The van der Waals surface area contributed by atoms with Crippen LogP contribution < -0.4 is 11.1 Å². The van der Waals surface area contributed by atoms with E-state index in [-0.39, 0.29) is 17.8 Å². The van der Waals surface area contributed by atoms with E-state index in [0.29, 0.717) is 24.7 Å². The molecule has 2 bridgehead atoms. The van der Waals surface area contributed by atoms with Gasteiger partial charge in [0, 0.05) is 12.6 Å². The van der Waals surface area contributed by atoms with Gasteiger partial charge in [0.25, 0.3) is 0 Å². The number of oxime groups is 1. The van der Waals surface area contributed by atoms with E-state index in [4.69, 9.17) is 10.9 Å². The van der Waals surface area contributed by atoms with Crippen molar-refractivity contribution in [3.05, 3.63) is 0 Å². The molecule has 1 atom stereocenters. The summed E-state index contributed by atoms with van der Waals surface area (Å²) >= 11 is 0. The third-order valence-corrected chi connectivity index (χ3v) is 5.40. The maximum absolute atomic E-state index is 12.6. The van der Waals surface area contributed by atoms with Crippen molar-refractivity contribution in [2.24, 2.45) is 28.1 Å². The molecule has 6 nitrogen and oxygen atoms in total. The van der Waals surface area contributed by atoms with Gasteiger partial charge in [-0.05, 0) is 50.6 Å². The fourth-order valence-corrected chi connectivity index (χ4v) is 4.17. The molecule has 20 heavy (non-hydrogen) atoms. The second-order valence-electron chi connectivity index (χ2n) is 6.80. The van der Waals surface area contributed by atoms with Crippen molar-refractivity contribution in [3.63, 3.8) is 0 Å². The lowest BCUT2D eigenvalue weighted by molar-refractivity contribution is -0.135. The van der Waals surface area contributed by atoms with E-state index >= 15 is 0 Å². The summed E-state index contributed by atoms with van der Waals surface area (Å²) in [5, 5.41) is 15.2. The van der Waals surface area contributed by atoms with Crippen molar-refractivity contribution in [2.75, 3.05) is 19.6 Å². The van der Waals surface area contributed by atoms with Crippen LogP contribution in [-0.4, -0.2) is 47.5 Å². The molecule has 4 fully saturated rings. The van der Waals surface area contributed by atoms with E-state index in [0.717, 1.165) is 32.5 Å². The van der Waals surface area contributed by atoms with Crippen LogP contribution in [-0.2, 0) is 4.79 Å². The number of fused-ring (bicyclic) bond motifs is 3. The van der Waals surface area contributed by atoms with Crippen molar-refractivity contribution >= 4 is 11.7 Å². The summed E-state index contributed by atoms with van der Waals surface area (Å²) in [6.07, 6.45) is 3.68. The zero-order valence-electron chi connectivity index (χ0n) is 12.0. The molecule has 0 aromatic rings. The van der Waals surface area contributed by atoms with Crippen LogP contribution in [0.2, 0.25) is 0 Å². The lowest BCUT2D eigenvalue weighted by Crippen LogP contribution is -2.63. The number of rotatable bonds is 3.